The summed E-state index contributed by atoms with van der Waals surface area (Å²) in [5.74, 6) is -1.48. The zero-order valence-corrected chi connectivity index (χ0v) is 16.4. The molecule has 4 nitrogen and oxygen atoms in total. The van der Waals surface area contributed by atoms with Crippen molar-refractivity contribution in [1.29, 1.82) is 0 Å². The van der Waals surface area contributed by atoms with E-state index in [9.17, 15) is 14.7 Å². The predicted octanol–water partition coefficient (Wildman–Crippen LogP) is 4.25. The standard InChI is InChI=1S/C18H17Br2NO3/c1-10-4-3-5-11(2)15(10)9-16(18(23)24)21-17(22)12-6-13(19)8-14(20)7-12/h3-8,16H,9H2,1-2H3,(H,21,22)(H,23,24)/t16-/m0/s1. The second-order valence-electron chi connectivity index (χ2n) is 5.60. The van der Waals surface area contributed by atoms with Crippen LogP contribution in [0.1, 0.15) is 27.0 Å². The number of aliphatic carboxylic acids is 1. The van der Waals surface area contributed by atoms with E-state index < -0.39 is 17.9 Å². The fourth-order valence-corrected chi connectivity index (χ4v) is 3.80. The van der Waals surface area contributed by atoms with Crippen molar-refractivity contribution < 1.29 is 14.7 Å². The number of halogens is 2. The Morgan fingerprint density at radius 2 is 1.62 bits per heavy atom. The van der Waals surface area contributed by atoms with Crippen LogP contribution in [0.15, 0.2) is 45.3 Å². The van der Waals surface area contributed by atoms with Gasteiger partial charge in [0.25, 0.3) is 5.91 Å². The van der Waals surface area contributed by atoms with E-state index in [-0.39, 0.29) is 6.42 Å². The molecule has 2 N–H and O–H groups in total. The van der Waals surface area contributed by atoms with Crippen molar-refractivity contribution in [2.24, 2.45) is 0 Å². The summed E-state index contributed by atoms with van der Waals surface area (Å²) in [5.41, 5.74) is 3.37. The summed E-state index contributed by atoms with van der Waals surface area (Å²) >= 11 is 6.65. The van der Waals surface area contributed by atoms with Crippen LogP contribution in [0, 0.1) is 13.8 Å². The van der Waals surface area contributed by atoms with Crippen LogP contribution in [0.25, 0.3) is 0 Å². The molecule has 0 saturated heterocycles. The first kappa shape index (κ1) is 18.7. The molecule has 2 aromatic rings. The van der Waals surface area contributed by atoms with Gasteiger partial charge in [0.2, 0.25) is 0 Å². The van der Waals surface area contributed by atoms with E-state index in [0.29, 0.717) is 5.56 Å². The number of amides is 1. The van der Waals surface area contributed by atoms with Gasteiger partial charge in [-0.15, -0.1) is 0 Å². The largest absolute Gasteiger partial charge is 0.480 e. The Bertz CT molecular complexity index is 749. The number of hydrogen-bond donors (Lipinski definition) is 2. The average Bonchev–Trinajstić information content (AvgIpc) is 2.48. The molecule has 0 aromatic heterocycles. The van der Waals surface area contributed by atoms with E-state index in [1.807, 2.05) is 38.1 Å². The maximum absolute atomic E-state index is 12.4. The molecule has 0 unspecified atom stereocenters. The lowest BCUT2D eigenvalue weighted by Gasteiger charge is -2.18. The molecule has 0 heterocycles. The Hall–Kier alpha value is -1.66. The smallest absolute Gasteiger partial charge is 0.326 e. The minimum Gasteiger partial charge on any atom is -0.480 e. The van der Waals surface area contributed by atoms with Crippen molar-refractivity contribution in [3.63, 3.8) is 0 Å². The monoisotopic (exact) mass is 453 g/mol. The van der Waals surface area contributed by atoms with Gasteiger partial charge in [0.1, 0.15) is 6.04 Å². The highest BCUT2D eigenvalue weighted by atomic mass is 79.9. The molecule has 1 amide bonds. The number of nitrogens with one attached hydrogen (secondary N) is 1. The van der Waals surface area contributed by atoms with E-state index in [0.717, 1.165) is 25.6 Å². The van der Waals surface area contributed by atoms with Crippen molar-refractivity contribution >= 4 is 43.7 Å². The second kappa shape index (κ2) is 7.94. The number of carboxylic acid groups (broad SMARTS) is 1. The quantitative estimate of drug-likeness (QED) is 0.709. The molecule has 0 saturated carbocycles. The van der Waals surface area contributed by atoms with Gasteiger partial charge in [0, 0.05) is 20.9 Å². The highest BCUT2D eigenvalue weighted by molar-refractivity contribution is 9.11. The molecule has 0 aliphatic rings. The maximum atomic E-state index is 12.4. The van der Waals surface area contributed by atoms with Gasteiger partial charge in [-0.25, -0.2) is 4.79 Å². The lowest BCUT2D eigenvalue weighted by Crippen LogP contribution is -2.42. The van der Waals surface area contributed by atoms with E-state index in [2.05, 4.69) is 37.2 Å². The molecule has 6 heteroatoms. The lowest BCUT2D eigenvalue weighted by molar-refractivity contribution is -0.139. The first-order chi connectivity index (χ1) is 11.3. The third kappa shape index (κ3) is 4.68. The summed E-state index contributed by atoms with van der Waals surface area (Å²) in [6.45, 7) is 3.88. The number of carboxylic acids is 1. The van der Waals surface area contributed by atoms with Gasteiger partial charge in [-0.1, -0.05) is 50.1 Å². The zero-order chi connectivity index (χ0) is 17.9. The van der Waals surface area contributed by atoms with Crippen LogP contribution in [-0.4, -0.2) is 23.0 Å². The lowest BCUT2D eigenvalue weighted by atomic mass is 9.96. The number of aryl methyl sites for hydroxylation is 2. The SMILES string of the molecule is Cc1cccc(C)c1C[C@H](NC(=O)c1cc(Br)cc(Br)c1)C(=O)O. The minimum atomic E-state index is -1.06. The average molecular weight is 455 g/mol. The summed E-state index contributed by atoms with van der Waals surface area (Å²) in [6, 6.07) is 9.93. The van der Waals surface area contributed by atoms with Crippen molar-refractivity contribution in [3.05, 3.63) is 67.6 Å². The van der Waals surface area contributed by atoms with Gasteiger partial charge in [-0.05, 0) is 48.7 Å². The topological polar surface area (TPSA) is 66.4 Å². The third-order valence-corrected chi connectivity index (χ3v) is 4.70. The van der Waals surface area contributed by atoms with Crippen molar-refractivity contribution in [1.82, 2.24) is 5.32 Å². The van der Waals surface area contributed by atoms with Gasteiger partial charge in [0.15, 0.2) is 0 Å². The molecule has 1 atom stereocenters. The molecular formula is C18H17Br2NO3. The van der Waals surface area contributed by atoms with Crippen LogP contribution in [0.2, 0.25) is 0 Å². The highest BCUT2D eigenvalue weighted by Gasteiger charge is 2.23. The zero-order valence-electron chi connectivity index (χ0n) is 13.3. The fourth-order valence-electron chi connectivity index (χ4n) is 2.50. The van der Waals surface area contributed by atoms with Gasteiger partial charge >= 0.3 is 5.97 Å². The van der Waals surface area contributed by atoms with Crippen molar-refractivity contribution in [3.8, 4) is 0 Å². The molecule has 0 aliphatic carbocycles. The molecule has 0 fully saturated rings. The maximum Gasteiger partial charge on any atom is 0.326 e. The Morgan fingerprint density at radius 3 is 2.12 bits per heavy atom. The minimum absolute atomic E-state index is 0.245. The first-order valence-corrected chi connectivity index (χ1v) is 8.91. The molecule has 2 rings (SSSR count). The van der Waals surface area contributed by atoms with Crippen molar-refractivity contribution in [2.45, 2.75) is 26.3 Å². The van der Waals surface area contributed by atoms with Crippen LogP contribution in [0.4, 0.5) is 0 Å². The summed E-state index contributed by atoms with van der Waals surface area (Å²) < 4.78 is 1.48. The van der Waals surface area contributed by atoms with Gasteiger partial charge in [0.05, 0.1) is 0 Å². The molecule has 0 spiro atoms. The Morgan fingerprint density at radius 1 is 1.08 bits per heavy atom. The Balaban J connectivity index is 2.22. The van der Waals surface area contributed by atoms with Gasteiger partial charge in [-0.3, -0.25) is 4.79 Å². The summed E-state index contributed by atoms with van der Waals surface area (Å²) in [6.07, 6.45) is 0.245. The molecule has 0 radical (unpaired) electrons. The molecule has 126 valence electrons. The van der Waals surface area contributed by atoms with Crippen LogP contribution < -0.4 is 5.32 Å². The third-order valence-electron chi connectivity index (χ3n) is 3.78. The summed E-state index contributed by atoms with van der Waals surface area (Å²) in [7, 11) is 0. The fraction of sp³-hybridized carbons (Fsp3) is 0.222. The normalized spacial score (nSPS) is 11.8. The van der Waals surface area contributed by atoms with E-state index in [1.54, 1.807) is 12.1 Å². The summed E-state index contributed by atoms with van der Waals surface area (Å²) in [5, 5.41) is 12.1. The molecule has 2 aromatic carbocycles. The van der Waals surface area contributed by atoms with Crippen molar-refractivity contribution in [2.75, 3.05) is 0 Å². The van der Waals surface area contributed by atoms with Crippen LogP contribution in [0.3, 0.4) is 0 Å². The number of carbonyl (C=O) groups excluding carboxylic acids is 1. The molecule has 0 bridgehead atoms. The molecular weight excluding hydrogens is 438 g/mol. The number of carbonyl (C=O) groups is 2. The van der Waals surface area contributed by atoms with E-state index >= 15 is 0 Å². The van der Waals surface area contributed by atoms with Crippen LogP contribution in [-0.2, 0) is 11.2 Å². The van der Waals surface area contributed by atoms with E-state index in [1.165, 1.54) is 0 Å². The Kier molecular flexibility index (Phi) is 6.18. The van der Waals surface area contributed by atoms with Gasteiger partial charge in [-0.2, -0.15) is 0 Å². The number of benzene rings is 2. The second-order valence-corrected chi connectivity index (χ2v) is 7.43. The first-order valence-electron chi connectivity index (χ1n) is 7.33. The molecule has 0 aliphatic heterocycles. The van der Waals surface area contributed by atoms with E-state index in [4.69, 9.17) is 0 Å². The molecule has 24 heavy (non-hydrogen) atoms. The van der Waals surface area contributed by atoms with Crippen LogP contribution in [0.5, 0.6) is 0 Å². The predicted molar refractivity (Wildman–Crippen MR) is 100 cm³/mol. The van der Waals surface area contributed by atoms with Gasteiger partial charge < -0.3 is 10.4 Å². The summed E-state index contributed by atoms with van der Waals surface area (Å²) in [4.78, 5) is 24.0. The number of hydrogen-bond acceptors (Lipinski definition) is 2. The Labute approximate surface area is 157 Å². The highest BCUT2D eigenvalue weighted by Crippen LogP contribution is 2.21. The number of rotatable bonds is 5. The van der Waals surface area contributed by atoms with Crippen LogP contribution >= 0.6 is 31.9 Å².